The van der Waals surface area contributed by atoms with E-state index < -0.39 is 0 Å². The Bertz CT molecular complexity index is 658. The lowest BCUT2D eigenvalue weighted by molar-refractivity contribution is -0.116. The van der Waals surface area contributed by atoms with Crippen molar-refractivity contribution in [2.24, 2.45) is 11.6 Å². The van der Waals surface area contributed by atoms with Gasteiger partial charge in [0.25, 0.3) is 7.41 Å². The second kappa shape index (κ2) is 7.44. The molecule has 1 aliphatic rings. The van der Waals surface area contributed by atoms with E-state index in [4.69, 9.17) is 15.1 Å². The van der Waals surface area contributed by atoms with Crippen molar-refractivity contribution in [1.29, 1.82) is 0 Å². The van der Waals surface area contributed by atoms with E-state index in [1.54, 1.807) is 0 Å². The van der Waals surface area contributed by atoms with Gasteiger partial charge in [0.2, 0.25) is 0 Å². The molecule has 4 nitrogen and oxygen atoms in total. The lowest BCUT2D eigenvalue weighted by Crippen LogP contribution is -2.32. The van der Waals surface area contributed by atoms with E-state index in [2.05, 4.69) is 0 Å². The largest absolute Gasteiger partial charge is 0.489 e. The Balaban J connectivity index is 1.71. The van der Waals surface area contributed by atoms with Crippen LogP contribution in [0.1, 0.15) is 11.1 Å². The first-order valence-corrected chi connectivity index (χ1v) is 7.87. The molecule has 2 aromatic carbocycles. The Morgan fingerprint density at radius 2 is 1.91 bits per heavy atom. The van der Waals surface area contributed by atoms with Gasteiger partial charge in [0.05, 0.1) is 12.7 Å². The van der Waals surface area contributed by atoms with Gasteiger partial charge in [0, 0.05) is 5.92 Å². The van der Waals surface area contributed by atoms with E-state index in [-0.39, 0.29) is 25.1 Å². The van der Waals surface area contributed by atoms with Crippen LogP contribution in [-0.2, 0) is 22.6 Å². The third kappa shape index (κ3) is 4.21. The van der Waals surface area contributed by atoms with E-state index in [9.17, 15) is 4.79 Å². The van der Waals surface area contributed by atoms with Gasteiger partial charge in [0.15, 0.2) is 0 Å². The maximum atomic E-state index is 12.0. The topological polar surface area (TPSA) is 64.9 Å². The van der Waals surface area contributed by atoms with E-state index in [1.165, 1.54) is 0 Å². The molecule has 1 heterocycles. The zero-order valence-corrected chi connectivity index (χ0v) is 13.0. The van der Waals surface area contributed by atoms with Gasteiger partial charge >= 0.3 is 0 Å². The van der Waals surface area contributed by atoms with Crippen LogP contribution in [0, 0.1) is 5.92 Å². The van der Waals surface area contributed by atoms with Crippen molar-refractivity contribution in [2.45, 2.75) is 19.1 Å². The van der Waals surface area contributed by atoms with Crippen molar-refractivity contribution >= 4 is 13.1 Å². The molecule has 118 valence electrons. The Morgan fingerprint density at radius 3 is 2.61 bits per heavy atom. The van der Waals surface area contributed by atoms with E-state index in [1.807, 2.05) is 54.6 Å². The van der Waals surface area contributed by atoms with Crippen molar-refractivity contribution in [3.05, 3.63) is 65.7 Å². The molecule has 1 saturated heterocycles. The molecule has 0 spiro atoms. The average Bonchev–Trinajstić information content (AvgIpc) is 3.44. The van der Waals surface area contributed by atoms with Gasteiger partial charge in [0.1, 0.15) is 18.0 Å². The molecule has 0 saturated carbocycles. The third-order valence-corrected chi connectivity index (χ3v) is 4.07. The van der Waals surface area contributed by atoms with Gasteiger partial charge < -0.3 is 19.9 Å². The second-order valence-electron chi connectivity index (χ2n) is 5.73. The molecule has 0 aliphatic carbocycles. The Labute approximate surface area is 136 Å². The summed E-state index contributed by atoms with van der Waals surface area (Å²) in [6.45, 7) is 1.15. The fourth-order valence-electron chi connectivity index (χ4n) is 2.68. The molecule has 1 fully saturated rings. The Morgan fingerprint density at radius 1 is 1.22 bits per heavy atom. The molecule has 0 radical (unpaired) electrons. The van der Waals surface area contributed by atoms with Crippen LogP contribution in [0.2, 0.25) is 0 Å². The molecular weight excluding hydrogens is 289 g/mol. The van der Waals surface area contributed by atoms with E-state index in [0.29, 0.717) is 19.6 Å². The first kappa shape index (κ1) is 15.8. The normalized spacial score (nSPS) is 17.3. The van der Waals surface area contributed by atoms with Crippen molar-refractivity contribution in [2.75, 3.05) is 6.61 Å². The number of para-hydroxylation sites is 1. The highest BCUT2D eigenvalue weighted by Gasteiger charge is 2.37. The van der Waals surface area contributed by atoms with Crippen LogP contribution in [-0.4, -0.2) is 25.8 Å². The molecule has 1 aliphatic heterocycles. The van der Waals surface area contributed by atoms with E-state index in [0.717, 1.165) is 16.9 Å². The van der Waals surface area contributed by atoms with Gasteiger partial charge in [-0.15, -0.1) is 0 Å². The zero-order chi connectivity index (χ0) is 16.1. The standard InChI is InChI=1S/C18H20BNO3/c20-19-18(21)15(17-12-23-17)10-14-8-4-5-9-16(14)22-11-13-6-2-1-3-7-13/h1-9,15,17,19H,10-12,20H2/t15-,17-/m1/s1. The monoisotopic (exact) mass is 309 g/mol. The number of hydrogen-bond donors (Lipinski definition) is 1. The Kier molecular flexibility index (Phi) is 5.10. The molecule has 2 N–H and O–H groups in total. The number of nitrogens with two attached hydrogens (primary N) is 1. The van der Waals surface area contributed by atoms with Crippen LogP contribution in [0.4, 0.5) is 0 Å². The summed E-state index contributed by atoms with van der Waals surface area (Å²) in [6.07, 6.45) is 0.610. The van der Waals surface area contributed by atoms with Crippen LogP contribution < -0.4 is 10.4 Å². The zero-order valence-electron chi connectivity index (χ0n) is 13.0. The van der Waals surface area contributed by atoms with Crippen molar-refractivity contribution in [1.82, 2.24) is 0 Å². The molecule has 0 unspecified atom stereocenters. The highest BCUT2D eigenvalue weighted by Crippen LogP contribution is 2.29. The fourth-order valence-corrected chi connectivity index (χ4v) is 2.68. The van der Waals surface area contributed by atoms with Crippen molar-refractivity contribution < 1.29 is 14.3 Å². The molecule has 23 heavy (non-hydrogen) atoms. The van der Waals surface area contributed by atoms with Crippen molar-refractivity contribution in [3.8, 4) is 5.75 Å². The maximum absolute atomic E-state index is 12.0. The summed E-state index contributed by atoms with van der Waals surface area (Å²) in [5.41, 5.74) is 7.71. The van der Waals surface area contributed by atoms with Crippen LogP contribution in [0.15, 0.2) is 54.6 Å². The number of epoxide rings is 1. The second-order valence-corrected chi connectivity index (χ2v) is 5.73. The summed E-state index contributed by atoms with van der Waals surface area (Å²) in [5, 5.41) is 0. The highest BCUT2D eigenvalue weighted by atomic mass is 16.6. The summed E-state index contributed by atoms with van der Waals surface area (Å²) in [5.74, 6) is 0.633. The predicted molar refractivity (Wildman–Crippen MR) is 90.5 cm³/mol. The fraction of sp³-hybridized carbons (Fsp3) is 0.278. The molecule has 0 aromatic heterocycles. The minimum atomic E-state index is -0.179. The molecular formula is C18H20BNO3. The molecule has 0 bridgehead atoms. The molecule has 2 atom stereocenters. The number of benzene rings is 2. The maximum Gasteiger partial charge on any atom is 0.280 e. The third-order valence-electron chi connectivity index (χ3n) is 4.07. The molecule has 5 heteroatoms. The molecule has 2 aromatic rings. The van der Waals surface area contributed by atoms with Gasteiger partial charge in [-0.1, -0.05) is 48.5 Å². The number of carbonyl (C=O) groups excluding carboxylic acids is 1. The van der Waals surface area contributed by atoms with Crippen LogP contribution in [0.5, 0.6) is 5.75 Å². The summed E-state index contributed by atoms with van der Waals surface area (Å²) in [6, 6.07) is 17.9. The lowest BCUT2D eigenvalue weighted by atomic mass is 9.76. The van der Waals surface area contributed by atoms with Crippen LogP contribution >= 0.6 is 0 Å². The van der Waals surface area contributed by atoms with Crippen LogP contribution in [0.25, 0.3) is 0 Å². The summed E-state index contributed by atoms with van der Waals surface area (Å²) >= 11 is 0. The average molecular weight is 309 g/mol. The minimum Gasteiger partial charge on any atom is -0.489 e. The number of ether oxygens (including phenoxy) is 2. The summed E-state index contributed by atoms with van der Waals surface area (Å²) < 4.78 is 11.3. The smallest absolute Gasteiger partial charge is 0.280 e. The van der Waals surface area contributed by atoms with Gasteiger partial charge in [-0.25, -0.2) is 0 Å². The first-order chi connectivity index (χ1) is 11.3. The highest BCUT2D eigenvalue weighted by molar-refractivity contribution is 6.71. The molecule has 3 rings (SSSR count). The van der Waals surface area contributed by atoms with Crippen LogP contribution in [0.3, 0.4) is 0 Å². The van der Waals surface area contributed by atoms with E-state index >= 15 is 0 Å². The summed E-state index contributed by atoms with van der Waals surface area (Å²) in [4.78, 5) is 12.0. The number of rotatable bonds is 8. The molecule has 0 amide bonds. The summed E-state index contributed by atoms with van der Waals surface area (Å²) in [7, 11) is 0.0531. The predicted octanol–water partition coefficient (Wildman–Crippen LogP) is 1.66. The number of carbonyl (C=O) groups is 1. The Hall–Kier alpha value is -2.11. The quantitative estimate of drug-likeness (QED) is 0.595. The SMILES string of the molecule is NBC(=O)[C@H](Cc1ccccc1OCc1ccccc1)[C@H]1CO1. The van der Waals surface area contributed by atoms with Gasteiger partial charge in [-0.05, 0) is 23.6 Å². The van der Waals surface area contributed by atoms with Gasteiger partial charge in [-0.3, -0.25) is 0 Å². The first-order valence-electron chi connectivity index (χ1n) is 7.87. The van der Waals surface area contributed by atoms with Crippen molar-refractivity contribution in [3.63, 3.8) is 0 Å². The van der Waals surface area contributed by atoms with Gasteiger partial charge in [-0.2, -0.15) is 0 Å². The minimum absolute atomic E-state index is 0.00762. The lowest BCUT2D eigenvalue weighted by Gasteiger charge is -2.16. The number of hydrogen-bond acceptors (Lipinski definition) is 4.